The molecule has 1 unspecified atom stereocenters. The second-order valence-corrected chi connectivity index (χ2v) is 7.49. The summed E-state index contributed by atoms with van der Waals surface area (Å²) in [6, 6.07) is 17.7. The number of amides is 3. The van der Waals surface area contributed by atoms with Crippen molar-refractivity contribution in [1.82, 2.24) is 16.0 Å². The normalized spacial score (nSPS) is 11.1. The first-order valence-electron chi connectivity index (χ1n) is 11.2. The third-order valence-electron chi connectivity index (χ3n) is 4.78. The summed E-state index contributed by atoms with van der Waals surface area (Å²) >= 11 is 0. The number of alkyl carbamates (subject to hydrolysis) is 2. The fourth-order valence-electron chi connectivity index (χ4n) is 2.99. The quantitative estimate of drug-likeness (QED) is 0.289. The molecule has 1 atom stereocenters. The topological polar surface area (TPSA) is 123 Å². The van der Waals surface area contributed by atoms with Gasteiger partial charge < -0.3 is 30.2 Å². The minimum absolute atomic E-state index is 0.0845. The maximum Gasteiger partial charge on any atom is 0.408 e. The van der Waals surface area contributed by atoms with Crippen molar-refractivity contribution in [3.8, 4) is 0 Å². The summed E-state index contributed by atoms with van der Waals surface area (Å²) in [7, 11) is 0. The van der Waals surface area contributed by atoms with E-state index in [1.165, 1.54) is 0 Å². The van der Waals surface area contributed by atoms with E-state index < -0.39 is 24.1 Å². The molecule has 2 aromatic carbocycles. The molecular weight excluding hydrogens is 438 g/mol. The van der Waals surface area contributed by atoms with Crippen LogP contribution in [0.4, 0.5) is 9.59 Å². The van der Waals surface area contributed by atoms with Gasteiger partial charge in [-0.25, -0.2) is 9.59 Å². The van der Waals surface area contributed by atoms with Gasteiger partial charge in [0.15, 0.2) is 0 Å². The Bertz CT molecular complexity index is 892. The molecule has 3 amide bonds. The monoisotopic (exact) mass is 469 g/mol. The van der Waals surface area contributed by atoms with E-state index in [-0.39, 0.29) is 26.2 Å². The molecule has 0 bridgehead atoms. The van der Waals surface area contributed by atoms with Crippen LogP contribution < -0.4 is 16.0 Å². The van der Waals surface area contributed by atoms with Crippen molar-refractivity contribution in [2.24, 2.45) is 0 Å². The molecule has 0 saturated heterocycles. The Hall–Kier alpha value is -3.88. The third kappa shape index (κ3) is 11.1. The number of aldehydes is 1. The number of rotatable bonds is 14. The zero-order valence-corrected chi connectivity index (χ0v) is 19.0. The first kappa shape index (κ1) is 26.4. The van der Waals surface area contributed by atoms with Gasteiger partial charge in [0.1, 0.15) is 25.5 Å². The Balaban J connectivity index is 1.71. The van der Waals surface area contributed by atoms with Crippen LogP contribution in [0.15, 0.2) is 60.7 Å². The van der Waals surface area contributed by atoms with E-state index >= 15 is 0 Å². The Kier molecular flexibility index (Phi) is 12.3. The smallest absolute Gasteiger partial charge is 0.408 e. The van der Waals surface area contributed by atoms with Crippen LogP contribution in [0.25, 0.3) is 0 Å². The molecule has 0 aromatic heterocycles. The highest BCUT2D eigenvalue weighted by Gasteiger charge is 2.21. The molecule has 9 nitrogen and oxygen atoms in total. The van der Waals surface area contributed by atoms with Crippen molar-refractivity contribution < 1.29 is 28.7 Å². The molecule has 2 aromatic rings. The SMILES string of the molecule is O=CCCNC(=O)C(CCCCNC(=O)OCc1ccccc1)NC(=O)OCc1ccccc1. The Labute approximate surface area is 199 Å². The molecule has 0 aliphatic rings. The highest BCUT2D eigenvalue weighted by atomic mass is 16.6. The minimum Gasteiger partial charge on any atom is -0.445 e. The van der Waals surface area contributed by atoms with Gasteiger partial charge in [-0.2, -0.15) is 0 Å². The summed E-state index contributed by atoms with van der Waals surface area (Å²) in [6.45, 7) is 0.825. The van der Waals surface area contributed by atoms with Crippen LogP contribution in [0.3, 0.4) is 0 Å². The van der Waals surface area contributed by atoms with Crippen molar-refractivity contribution in [1.29, 1.82) is 0 Å². The van der Waals surface area contributed by atoms with Crippen LogP contribution in [-0.4, -0.2) is 43.5 Å². The second-order valence-electron chi connectivity index (χ2n) is 7.49. The highest BCUT2D eigenvalue weighted by Crippen LogP contribution is 2.05. The number of unbranched alkanes of at least 4 members (excludes halogenated alkanes) is 1. The fourth-order valence-corrected chi connectivity index (χ4v) is 2.99. The Morgan fingerprint density at radius 2 is 1.35 bits per heavy atom. The molecule has 0 aliphatic heterocycles. The van der Waals surface area contributed by atoms with Crippen LogP contribution in [0.5, 0.6) is 0 Å². The van der Waals surface area contributed by atoms with E-state index in [0.717, 1.165) is 11.1 Å². The van der Waals surface area contributed by atoms with Crippen molar-refractivity contribution in [2.45, 2.75) is 44.9 Å². The molecular formula is C25H31N3O6. The van der Waals surface area contributed by atoms with Crippen molar-refractivity contribution in [3.05, 3.63) is 71.8 Å². The van der Waals surface area contributed by atoms with Gasteiger partial charge >= 0.3 is 12.2 Å². The maximum absolute atomic E-state index is 12.4. The van der Waals surface area contributed by atoms with Crippen LogP contribution in [0, 0.1) is 0 Å². The van der Waals surface area contributed by atoms with Crippen LogP contribution >= 0.6 is 0 Å². The zero-order chi connectivity index (χ0) is 24.4. The molecule has 0 saturated carbocycles. The molecule has 0 aliphatic carbocycles. The van der Waals surface area contributed by atoms with E-state index in [0.29, 0.717) is 32.1 Å². The van der Waals surface area contributed by atoms with Crippen molar-refractivity contribution in [3.63, 3.8) is 0 Å². The largest absolute Gasteiger partial charge is 0.445 e. The van der Waals surface area contributed by atoms with E-state index in [1.807, 2.05) is 60.7 Å². The van der Waals surface area contributed by atoms with Gasteiger partial charge in [-0.15, -0.1) is 0 Å². The van der Waals surface area contributed by atoms with Gasteiger partial charge in [0.05, 0.1) is 0 Å². The first-order chi connectivity index (χ1) is 16.6. The molecule has 34 heavy (non-hydrogen) atoms. The molecule has 0 radical (unpaired) electrons. The summed E-state index contributed by atoms with van der Waals surface area (Å²) < 4.78 is 10.3. The standard InChI is InChI=1S/C25H31N3O6/c29-17-9-16-26-23(30)22(28-25(32)34-19-21-12-5-2-6-13-21)14-7-8-15-27-24(31)33-18-20-10-3-1-4-11-20/h1-6,10-13,17,22H,7-9,14-16,18-19H2,(H,26,30)(H,27,31)(H,28,32). The number of nitrogens with one attached hydrogen (secondary N) is 3. The lowest BCUT2D eigenvalue weighted by atomic mass is 10.1. The highest BCUT2D eigenvalue weighted by molar-refractivity contribution is 5.85. The lowest BCUT2D eigenvalue weighted by Gasteiger charge is -2.18. The average molecular weight is 470 g/mol. The molecule has 3 N–H and O–H groups in total. The van der Waals surface area contributed by atoms with Crippen molar-refractivity contribution in [2.75, 3.05) is 13.1 Å². The van der Waals surface area contributed by atoms with Crippen LogP contribution in [0.1, 0.15) is 36.8 Å². The minimum atomic E-state index is -0.819. The fraction of sp³-hybridized carbons (Fsp3) is 0.360. The lowest BCUT2D eigenvalue weighted by Crippen LogP contribution is -2.47. The molecule has 2 rings (SSSR count). The van der Waals surface area contributed by atoms with Gasteiger partial charge in [0.25, 0.3) is 0 Å². The van der Waals surface area contributed by atoms with Gasteiger partial charge in [0.2, 0.25) is 5.91 Å². The summed E-state index contributed by atoms with van der Waals surface area (Å²) in [5.74, 6) is -0.395. The molecule has 0 fully saturated rings. The van der Waals surface area contributed by atoms with Crippen LogP contribution in [-0.2, 0) is 32.3 Å². The predicted molar refractivity (Wildman–Crippen MR) is 126 cm³/mol. The zero-order valence-electron chi connectivity index (χ0n) is 19.0. The predicted octanol–water partition coefficient (Wildman–Crippen LogP) is 3.08. The number of hydrogen-bond acceptors (Lipinski definition) is 6. The lowest BCUT2D eigenvalue weighted by molar-refractivity contribution is -0.123. The number of hydrogen-bond donors (Lipinski definition) is 3. The summed E-state index contributed by atoms with van der Waals surface area (Å²) in [5, 5.41) is 7.87. The van der Waals surface area contributed by atoms with Gasteiger partial charge in [-0.3, -0.25) is 4.79 Å². The van der Waals surface area contributed by atoms with Gasteiger partial charge in [0, 0.05) is 19.5 Å². The van der Waals surface area contributed by atoms with E-state index in [9.17, 15) is 19.2 Å². The summed E-state index contributed by atoms with van der Waals surface area (Å²) in [6.07, 6.45) is 1.15. The second kappa shape index (κ2) is 15.8. The summed E-state index contributed by atoms with van der Waals surface area (Å²) in [4.78, 5) is 46.9. The average Bonchev–Trinajstić information content (AvgIpc) is 2.86. The van der Waals surface area contributed by atoms with Gasteiger partial charge in [-0.05, 0) is 30.4 Å². The van der Waals surface area contributed by atoms with Gasteiger partial charge in [-0.1, -0.05) is 60.7 Å². The molecule has 0 heterocycles. The van der Waals surface area contributed by atoms with E-state index in [1.54, 1.807) is 0 Å². The maximum atomic E-state index is 12.4. The summed E-state index contributed by atoms with van der Waals surface area (Å²) in [5.41, 5.74) is 1.72. The van der Waals surface area contributed by atoms with Crippen molar-refractivity contribution >= 4 is 24.4 Å². The number of ether oxygens (including phenoxy) is 2. The number of benzene rings is 2. The van der Waals surface area contributed by atoms with Crippen LogP contribution in [0.2, 0.25) is 0 Å². The number of carbonyl (C=O) groups is 4. The third-order valence-corrected chi connectivity index (χ3v) is 4.78. The Morgan fingerprint density at radius 3 is 1.94 bits per heavy atom. The Morgan fingerprint density at radius 1 is 0.765 bits per heavy atom. The molecule has 9 heteroatoms. The first-order valence-corrected chi connectivity index (χ1v) is 11.2. The number of carbonyl (C=O) groups excluding carboxylic acids is 4. The van der Waals surface area contributed by atoms with E-state index in [4.69, 9.17) is 9.47 Å². The molecule has 182 valence electrons. The molecule has 0 spiro atoms. The van der Waals surface area contributed by atoms with E-state index in [2.05, 4.69) is 16.0 Å².